The van der Waals surface area contributed by atoms with Crippen LogP contribution in [0, 0.1) is 29.4 Å². The van der Waals surface area contributed by atoms with Crippen molar-refractivity contribution >= 4 is 0 Å². The molecule has 0 bridgehead atoms. The van der Waals surface area contributed by atoms with Crippen LogP contribution in [0.15, 0.2) is 36.4 Å². The molecular formula is C27H32F4O. The summed E-state index contributed by atoms with van der Waals surface area (Å²) in [5.41, 5.74) is 2.24. The van der Waals surface area contributed by atoms with Gasteiger partial charge in [-0.05, 0) is 84.6 Å². The van der Waals surface area contributed by atoms with E-state index in [1.165, 1.54) is 63.4 Å². The van der Waals surface area contributed by atoms with Crippen LogP contribution in [0.25, 0.3) is 11.1 Å². The minimum Gasteiger partial charge on any atom is -0.429 e. The Bertz CT molecular complexity index is 872. The number of alkyl halides is 2. The average molecular weight is 449 g/mol. The van der Waals surface area contributed by atoms with Gasteiger partial charge in [0, 0.05) is 0 Å². The summed E-state index contributed by atoms with van der Waals surface area (Å²) in [5.74, 6) is -0.146. The van der Waals surface area contributed by atoms with Crippen molar-refractivity contribution in [1.82, 2.24) is 0 Å². The van der Waals surface area contributed by atoms with Gasteiger partial charge in [0.1, 0.15) is 0 Å². The van der Waals surface area contributed by atoms with Gasteiger partial charge in [0.05, 0.1) is 0 Å². The van der Waals surface area contributed by atoms with Crippen LogP contribution < -0.4 is 4.74 Å². The van der Waals surface area contributed by atoms with E-state index in [0.717, 1.165) is 29.9 Å². The number of ether oxygens (including phenoxy) is 1. The Balaban J connectivity index is 1.41. The second kappa shape index (κ2) is 10.3. The van der Waals surface area contributed by atoms with E-state index in [9.17, 15) is 17.6 Å². The zero-order chi connectivity index (χ0) is 22.7. The molecule has 174 valence electrons. The molecule has 2 aromatic rings. The van der Waals surface area contributed by atoms with Gasteiger partial charge in [-0.25, -0.2) is 8.78 Å². The third-order valence-corrected chi connectivity index (χ3v) is 7.61. The number of hydrogen-bond donors (Lipinski definition) is 0. The summed E-state index contributed by atoms with van der Waals surface area (Å²) in [6, 6.07) is 9.91. The number of benzene rings is 2. The van der Waals surface area contributed by atoms with Crippen LogP contribution in [0.1, 0.15) is 76.2 Å². The Morgan fingerprint density at radius 3 is 2.19 bits per heavy atom. The van der Waals surface area contributed by atoms with Crippen molar-refractivity contribution in [2.24, 2.45) is 17.8 Å². The standard InChI is InChI=1S/C27H32F4O/c1-2-3-4-17-5-6-22-14-21(12-11-20(22)13-17)18-7-9-19(10-8-18)23-15-24(28)26(25(29)16-23)32-27(30)31/h7-10,15-17,20-22,27H,2-6,11-14H2,1H3. The average Bonchev–Trinajstić information content (AvgIpc) is 2.79. The van der Waals surface area contributed by atoms with Crippen molar-refractivity contribution in [2.75, 3.05) is 0 Å². The molecule has 32 heavy (non-hydrogen) atoms. The maximum Gasteiger partial charge on any atom is 0.387 e. The molecule has 4 rings (SSSR count). The summed E-state index contributed by atoms with van der Waals surface area (Å²) in [7, 11) is 0. The van der Waals surface area contributed by atoms with Crippen LogP contribution in [0.4, 0.5) is 17.6 Å². The van der Waals surface area contributed by atoms with Gasteiger partial charge in [-0.2, -0.15) is 8.78 Å². The van der Waals surface area contributed by atoms with E-state index in [4.69, 9.17) is 0 Å². The first-order chi connectivity index (χ1) is 15.4. The summed E-state index contributed by atoms with van der Waals surface area (Å²) in [6.45, 7) is -1.00. The van der Waals surface area contributed by atoms with Gasteiger partial charge in [0.2, 0.25) is 0 Å². The van der Waals surface area contributed by atoms with E-state index in [1.807, 2.05) is 24.3 Å². The second-order valence-corrected chi connectivity index (χ2v) is 9.62. The van der Waals surface area contributed by atoms with E-state index in [-0.39, 0.29) is 0 Å². The summed E-state index contributed by atoms with van der Waals surface area (Å²) in [4.78, 5) is 0. The third kappa shape index (κ3) is 5.29. The lowest BCUT2D eigenvalue weighted by Gasteiger charge is -2.42. The van der Waals surface area contributed by atoms with Crippen LogP contribution in [0.2, 0.25) is 0 Å². The van der Waals surface area contributed by atoms with E-state index >= 15 is 0 Å². The molecule has 0 aliphatic heterocycles. The van der Waals surface area contributed by atoms with Crippen LogP contribution in [-0.4, -0.2) is 6.61 Å². The van der Waals surface area contributed by atoms with Crippen molar-refractivity contribution in [3.8, 4) is 16.9 Å². The molecule has 2 aromatic carbocycles. The number of hydrogen-bond acceptors (Lipinski definition) is 1. The van der Waals surface area contributed by atoms with Gasteiger partial charge in [-0.15, -0.1) is 0 Å². The smallest absolute Gasteiger partial charge is 0.387 e. The molecule has 0 amide bonds. The molecule has 1 nitrogen and oxygen atoms in total. The van der Waals surface area contributed by atoms with Gasteiger partial charge in [-0.1, -0.05) is 56.9 Å². The molecule has 5 heteroatoms. The Labute approximate surface area is 188 Å². The van der Waals surface area contributed by atoms with Crippen LogP contribution in [0.3, 0.4) is 0 Å². The predicted molar refractivity (Wildman–Crippen MR) is 119 cm³/mol. The minimum absolute atomic E-state index is 0.308. The topological polar surface area (TPSA) is 9.23 Å². The van der Waals surface area contributed by atoms with Gasteiger partial charge in [0.15, 0.2) is 17.4 Å². The lowest BCUT2D eigenvalue weighted by molar-refractivity contribution is -0.0546. The molecule has 2 aliphatic rings. The van der Waals surface area contributed by atoms with Crippen molar-refractivity contribution < 1.29 is 22.3 Å². The summed E-state index contributed by atoms with van der Waals surface area (Å²) < 4.78 is 56.8. The molecule has 4 unspecified atom stereocenters. The summed E-state index contributed by atoms with van der Waals surface area (Å²) in [6.07, 6.45) is 11.9. The Hall–Kier alpha value is -2.04. The highest BCUT2D eigenvalue weighted by Crippen LogP contribution is 2.48. The number of halogens is 4. The fourth-order valence-corrected chi connectivity index (χ4v) is 5.92. The van der Waals surface area contributed by atoms with E-state index in [0.29, 0.717) is 17.0 Å². The highest BCUT2D eigenvalue weighted by atomic mass is 19.3. The Morgan fingerprint density at radius 1 is 0.875 bits per heavy atom. The lowest BCUT2D eigenvalue weighted by Crippen LogP contribution is -2.30. The van der Waals surface area contributed by atoms with Crippen molar-refractivity contribution in [2.45, 2.75) is 77.2 Å². The molecule has 0 radical (unpaired) electrons. The van der Waals surface area contributed by atoms with Crippen molar-refractivity contribution in [3.63, 3.8) is 0 Å². The van der Waals surface area contributed by atoms with Gasteiger partial charge in [0.25, 0.3) is 0 Å². The van der Waals surface area contributed by atoms with E-state index in [1.54, 1.807) is 0 Å². The number of rotatable bonds is 7. The Morgan fingerprint density at radius 2 is 1.53 bits per heavy atom. The van der Waals surface area contributed by atoms with Gasteiger partial charge >= 0.3 is 6.61 Å². The zero-order valence-corrected chi connectivity index (χ0v) is 18.6. The third-order valence-electron chi connectivity index (χ3n) is 7.61. The monoisotopic (exact) mass is 448 g/mol. The highest BCUT2D eigenvalue weighted by molar-refractivity contribution is 5.65. The molecule has 4 atom stereocenters. The summed E-state index contributed by atoms with van der Waals surface area (Å²) >= 11 is 0. The SMILES string of the molecule is CCCCC1CCC2CC(c3ccc(-c4cc(F)c(OC(F)F)c(F)c4)cc3)CCC2C1. The lowest BCUT2D eigenvalue weighted by atomic mass is 9.63. The Kier molecular flexibility index (Phi) is 7.42. The molecule has 0 aromatic heterocycles. The molecule has 2 fully saturated rings. The quantitative estimate of drug-likeness (QED) is 0.385. The van der Waals surface area contributed by atoms with Gasteiger partial charge in [-0.3, -0.25) is 0 Å². The van der Waals surface area contributed by atoms with Crippen LogP contribution >= 0.6 is 0 Å². The molecule has 0 N–H and O–H groups in total. The molecular weight excluding hydrogens is 416 g/mol. The molecule has 0 saturated heterocycles. The van der Waals surface area contributed by atoms with E-state index in [2.05, 4.69) is 11.7 Å². The number of fused-ring (bicyclic) bond motifs is 1. The van der Waals surface area contributed by atoms with Crippen molar-refractivity contribution in [1.29, 1.82) is 0 Å². The normalized spacial score (nSPS) is 25.6. The van der Waals surface area contributed by atoms with Gasteiger partial charge < -0.3 is 4.74 Å². The van der Waals surface area contributed by atoms with Crippen LogP contribution in [0.5, 0.6) is 5.75 Å². The first-order valence-corrected chi connectivity index (χ1v) is 12.0. The summed E-state index contributed by atoms with van der Waals surface area (Å²) in [5, 5.41) is 0. The molecule has 0 heterocycles. The predicted octanol–water partition coefficient (Wildman–Crippen LogP) is 8.72. The molecule has 0 spiro atoms. The fraction of sp³-hybridized carbons (Fsp3) is 0.556. The maximum absolute atomic E-state index is 14.1. The molecule has 2 saturated carbocycles. The fourth-order valence-electron chi connectivity index (χ4n) is 5.92. The largest absolute Gasteiger partial charge is 0.429 e. The number of unbranched alkanes of at least 4 members (excludes halogenated alkanes) is 1. The highest BCUT2D eigenvalue weighted by Gasteiger charge is 2.35. The van der Waals surface area contributed by atoms with Crippen LogP contribution in [-0.2, 0) is 0 Å². The second-order valence-electron chi connectivity index (χ2n) is 9.62. The first-order valence-electron chi connectivity index (χ1n) is 12.0. The first kappa shape index (κ1) is 23.1. The zero-order valence-electron chi connectivity index (χ0n) is 18.6. The van der Waals surface area contributed by atoms with Crippen molar-refractivity contribution in [3.05, 3.63) is 53.6 Å². The molecule has 2 aliphatic carbocycles. The maximum atomic E-state index is 14.1. The minimum atomic E-state index is -3.27. The van der Waals surface area contributed by atoms with E-state index < -0.39 is 24.0 Å².